The van der Waals surface area contributed by atoms with Crippen molar-refractivity contribution >= 4 is 20.0 Å². The van der Waals surface area contributed by atoms with Crippen molar-refractivity contribution in [1.29, 1.82) is 0 Å². The number of phosphoric ester groups is 1. The average Bonchev–Trinajstić information content (AvgIpc) is 3.30. The van der Waals surface area contributed by atoms with Crippen LogP contribution in [0.5, 0.6) is 5.75 Å². The standard InChI is InChI=1S/C17H18FN2O8PS.CH3F.CH4O/c1-9-7-20(16(21)19-15(9)30)14-5-4-13(26-14)17(22,23)28-29(24)25-8-10-6-11(18)2-3-12(10)27-29;2*1-2/h2-3,6-7,13-14,22-23H,4-5,8H2,1H3,(H,19,21,30);1H3;2H,1H3. The molecule has 4 N–H and O–H groups in total. The van der Waals surface area contributed by atoms with Crippen LogP contribution in [-0.2, 0) is 25.0 Å². The molecule has 4 rings (SSSR count). The number of nitrogens with zero attached hydrogens (tertiary/aromatic N) is 1. The summed E-state index contributed by atoms with van der Waals surface area (Å²) in [7, 11) is -2.94. The molecular formula is C19H25F2N2O9PS. The molecule has 1 fully saturated rings. The van der Waals surface area contributed by atoms with E-state index in [9.17, 15) is 28.4 Å². The lowest BCUT2D eigenvalue weighted by atomic mass is 10.2. The predicted octanol–water partition coefficient (Wildman–Crippen LogP) is 2.60. The van der Waals surface area contributed by atoms with Gasteiger partial charge >= 0.3 is 19.5 Å². The van der Waals surface area contributed by atoms with Crippen LogP contribution in [0, 0.1) is 17.4 Å². The number of benzene rings is 1. The van der Waals surface area contributed by atoms with E-state index in [1.54, 1.807) is 6.92 Å². The average molecular weight is 526 g/mol. The van der Waals surface area contributed by atoms with Crippen molar-refractivity contribution < 1.29 is 47.0 Å². The maximum atomic E-state index is 13.3. The number of phosphoric acid groups is 1. The molecule has 0 aliphatic carbocycles. The number of H-pyrrole nitrogens is 1. The predicted molar refractivity (Wildman–Crippen MR) is 117 cm³/mol. The number of aliphatic hydroxyl groups is 3. The molecule has 1 aromatic heterocycles. The second-order valence-electron chi connectivity index (χ2n) is 6.95. The molecule has 11 nitrogen and oxygen atoms in total. The summed E-state index contributed by atoms with van der Waals surface area (Å²) in [5, 5.41) is 27.7. The molecular weight excluding hydrogens is 501 g/mol. The van der Waals surface area contributed by atoms with Gasteiger partial charge in [-0.3, -0.25) is 18.5 Å². The van der Waals surface area contributed by atoms with Gasteiger partial charge in [0.2, 0.25) is 0 Å². The van der Waals surface area contributed by atoms with Gasteiger partial charge in [-0.25, -0.2) is 18.3 Å². The molecule has 1 saturated heterocycles. The molecule has 3 heterocycles. The molecule has 3 unspecified atom stereocenters. The van der Waals surface area contributed by atoms with Crippen LogP contribution < -0.4 is 10.2 Å². The van der Waals surface area contributed by atoms with Crippen molar-refractivity contribution in [3.63, 3.8) is 0 Å². The Morgan fingerprint density at radius 3 is 2.65 bits per heavy atom. The van der Waals surface area contributed by atoms with E-state index < -0.39 is 37.6 Å². The summed E-state index contributed by atoms with van der Waals surface area (Å²) in [5.41, 5.74) is 0.407. The van der Waals surface area contributed by atoms with Crippen LogP contribution in [-0.4, -0.2) is 51.2 Å². The molecule has 34 heavy (non-hydrogen) atoms. The van der Waals surface area contributed by atoms with Crippen LogP contribution in [0.15, 0.2) is 29.2 Å². The minimum absolute atomic E-state index is 0.0357. The zero-order chi connectivity index (χ0) is 25.7. The first-order valence-electron chi connectivity index (χ1n) is 9.74. The fourth-order valence-corrected chi connectivity index (χ4v) is 4.66. The highest BCUT2D eigenvalue weighted by Crippen LogP contribution is 2.57. The summed E-state index contributed by atoms with van der Waals surface area (Å²) in [4.78, 5) is 14.6. The Morgan fingerprint density at radius 1 is 1.29 bits per heavy atom. The molecule has 2 aromatic rings. The Hall–Kier alpha value is -2.03. The van der Waals surface area contributed by atoms with Gasteiger partial charge in [0.15, 0.2) is 0 Å². The molecule has 15 heteroatoms. The van der Waals surface area contributed by atoms with Crippen LogP contribution >= 0.6 is 20.0 Å². The van der Waals surface area contributed by atoms with Crippen molar-refractivity contribution in [1.82, 2.24) is 9.55 Å². The Bertz CT molecular complexity index is 1160. The Morgan fingerprint density at radius 2 is 1.97 bits per heavy atom. The number of hydrogen-bond acceptors (Lipinski definition) is 10. The molecule has 0 spiro atoms. The lowest BCUT2D eigenvalue weighted by molar-refractivity contribution is -0.349. The van der Waals surface area contributed by atoms with Crippen molar-refractivity contribution in [3.8, 4) is 5.75 Å². The third kappa shape index (κ3) is 6.34. The van der Waals surface area contributed by atoms with Gasteiger partial charge in [-0.1, -0.05) is 12.2 Å². The van der Waals surface area contributed by atoms with Crippen molar-refractivity contribution in [2.24, 2.45) is 0 Å². The SMILES string of the molecule is CF.CO.Cc1cn(C2CCC(C(O)(O)OP3(=O)OCc4cc(F)ccc4O3)O2)c(=O)[nH]c1=S. The number of alkyl halides is 1. The van der Waals surface area contributed by atoms with Gasteiger partial charge in [-0.05, 0) is 38.0 Å². The van der Waals surface area contributed by atoms with Crippen LogP contribution in [0.1, 0.15) is 30.2 Å². The number of halogens is 2. The summed E-state index contributed by atoms with van der Waals surface area (Å²) in [6.07, 6.45) is -0.370. The van der Waals surface area contributed by atoms with Gasteiger partial charge in [-0.15, -0.1) is 0 Å². The number of ether oxygens (including phenoxy) is 1. The van der Waals surface area contributed by atoms with Crippen molar-refractivity contribution in [2.75, 3.05) is 14.3 Å². The summed E-state index contributed by atoms with van der Waals surface area (Å²) >= 11 is 5.01. The summed E-state index contributed by atoms with van der Waals surface area (Å²) in [5.74, 6) is -3.54. The largest absolute Gasteiger partial charge is 0.534 e. The van der Waals surface area contributed by atoms with E-state index in [0.29, 0.717) is 18.3 Å². The van der Waals surface area contributed by atoms with E-state index in [4.69, 9.17) is 35.6 Å². The number of fused-ring (bicyclic) bond motifs is 1. The normalized spacial score (nSPS) is 23.5. The fraction of sp³-hybridized carbons (Fsp3) is 0.474. The molecule has 2 aliphatic rings. The van der Waals surface area contributed by atoms with Gasteiger partial charge in [0.1, 0.15) is 28.5 Å². The van der Waals surface area contributed by atoms with Crippen molar-refractivity contribution in [2.45, 2.75) is 44.7 Å². The maximum absolute atomic E-state index is 13.3. The lowest BCUT2D eigenvalue weighted by Crippen LogP contribution is -2.45. The second-order valence-corrected chi connectivity index (χ2v) is 8.88. The van der Waals surface area contributed by atoms with Crippen LogP contribution in [0.3, 0.4) is 0 Å². The smallest absolute Gasteiger partial charge is 0.404 e. The minimum Gasteiger partial charge on any atom is -0.404 e. The second kappa shape index (κ2) is 11.6. The fourth-order valence-electron chi connectivity index (χ4n) is 3.21. The maximum Gasteiger partial charge on any atom is 0.534 e. The number of aliphatic hydroxyl groups excluding tert-OH is 1. The van der Waals surface area contributed by atoms with Gasteiger partial charge in [0.25, 0.3) is 0 Å². The molecule has 0 radical (unpaired) electrons. The van der Waals surface area contributed by atoms with Crippen LogP contribution in [0.2, 0.25) is 0 Å². The zero-order valence-electron chi connectivity index (χ0n) is 18.4. The zero-order valence-corrected chi connectivity index (χ0v) is 20.1. The quantitative estimate of drug-likeness (QED) is 0.266. The van der Waals surface area contributed by atoms with E-state index in [2.05, 4.69) is 4.98 Å². The first-order chi connectivity index (χ1) is 16.1. The lowest BCUT2D eigenvalue weighted by Gasteiger charge is -2.32. The highest BCUT2D eigenvalue weighted by molar-refractivity contribution is 7.71. The Balaban J connectivity index is 0.000000970. The molecule has 0 bridgehead atoms. The number of aryl methyl sites for hydroxylation is 1. The minimum atomic E-state index is -4.44. The first-order valence-corrected chi connectivity index (χ1v) is 11.6. The number of hydrogen-bond donors (Lipinski definition) is 4. The van der Waals surface area contributed by atoms with E-state index in [-0.39, 0.29) is 29.8 Å². The van der Waals surface area contributed by atoms with Crippen LogP contribution in [0.25, 0.3) is 0 Å². The van der Waals surface area contributed by atoms with Gasteiger partial charge < -0.3 is 24.6 Å². The molecule has 1 aromatic carbocycles. The molecule has 3 atom stereocenters. The summed E-state index contributed by atoms with van der Waals surface area (Å²) in [6.45, 7) is 1.40. The van der Waals surface area contributed by atoms with Gasteiger partial charge in [0.05, 0.1) is 13.8 Å². The Kier molecular flexibility index (Phi) is 9.62. The molecule has 2 aliphatic heterocycles. The monoisotopic (exact) mass is 526 g/mol. The van der Waals surface area contributed by atoms with E-state index in [1.807, 2.05) is 0 Å². The molecule has 0 amide bonds. The van der Waals surface area contributed by atoms with E-state index in [1.165, 1.54) is 16.8 Å². The summed E-state index contributed by atoms with van der Waals surface area (Å²) < 4.78 is 57.6. The topological polar surface area (TPSA) is 152 Å². The molecule has 0 saturated carbocycles. The molecule has 190 valence electrons. The number of nitrogens with one attached hydrogen (secondary N) is 1. The number of aromatic amines is 1. The third-order valence-corrected chi connectivity index (χ3v) is 6.51. The van der Waals surface area contributed by atoms with Gasteiger partial charge in [-0.2, -0.15) is 0 Å². The number of rotatable bonds is 4. The number of aromatic nitrogens is 2. The van der Waals surface area contributed by atoms with E-state index in [0.717, 1.165) is 19.2 Å². The van der Waals surface area contributed by atoms with Gasteiger partial charge in [0, 0.05) is 24.4 Å². The first kappa shape index (κ1) is 28.2. The van der Waals surface area contributed by atoms with E-state index >= 15 is 0 Å². The Labute approximate surface area is 198 Å². The van der Waals surface area contributed by atoms with Crippen LogP contribution in [0.4, 0.5) is 8.78 Å². The third-order valence-electron chi connectivity index (χ3n) is 4.73. The highest BCUT2D eigenvalue weighted by atomic mass is 32.1. The highest BCUT2D eigenvalue weighted by Gasteiger charge is 2.50. The summed E-state index contributed by atoms with van der Waals surface area (Å²) in [6, 6.07) is 3.46. The van der Waals surface area contributed by atoms with Crippen molar-refractivity contribution in [3.05, 3.63) is 56.5 Å².